The molecule has 0 saturated carbocycles. The summed E-state index contributed by atoms with van der Waals surface area (Å²) < 4.78 is 1.48. The average molecular weight is 316 g/mol. The smallest absolute Gasteiger partial charge is 0.307 e. The van der Waals surface area contributed by atoms with E-state index in [1.165, 1.54) is 4.57 Å². The minimum atomic E-state index is -0.212. The fraction of sp³-hybridized carbons (Fsp3) is 0.267. The maximum atomic E-state index is 12.1. The molecule has 0 saturated heterocycles. The van der Waals surface area contributed by atoms with Gasteiger partial charge in [-0.3, -0.25) is 9.59 Å². The van der Waals surface area contributed by atoms with Crippen molar-refractivity contribution < 1.29 is 4.79 Å². The minimum Gasteiger partial charge on any atom is -0.351 e. The number of nitrogens with one attached hydrogen (secondary N) is 2. The number of aromatic amines is 1. The molecule has 3 rings (SSSR count). The van der Waals surface area contributed by atoms with Crippen LogP contribution in [0.5, 0.6) is 0 Å². The molecule has 2 heterocycles. The maximum absolute atomic E-state index is 12.1. The van der Waals surface area contributed by atoms with E-state index in [1.54, 1.807) is 14.0 Å². The topological polar surface area (TPSA) is 79.8 Å². The summed E-state index contributed by atoms with van der Waals surface area (Å²) in [6, 6.07) is 7.80. The molecule has 7 heteroatoms. The normalized spacial score (nSPS) is 11.0. The lowest BCUT2D eigenvalue weighted by molar-refractivity contribution is 0.0957. The van der Waals surface area contributed by atoms with Crippen LogP contribution in [0.25, 0.3) is 11.0 Å². The van der Waals surface area contributed by atoms with Crippen LogP contribution in [-0.2, 0) is 13.5 Å². The highest BCUT2D eigenvalue weighted by atomic mass is 32.1. The Kier molecular flexibility index (Phi) is 3.81. The lowest BCUT2D eigenvalue weighted by Crippen LogP contribution is -2.26. The number of fused-ring (bicyclic) bond motifs is 1. The van der Waals surface area contributed by atoms with Gasteiger partial charge in [-0.05, 0) is 19.1 Å². The highest BCUT2D eigenvalue weighted by Crippen LogP contribution is 2.11. The van der Waals surface area contributed by atoms with Gasteiger partial charge in [-0.2, -0.15) is 0 Å². The summed E-state index contributed by atoms with van der Waals surface area (Å²) in [5.74, 6) is 0.621. The molecular weight excluding hydrogens is 300 g/mol. The Morgan fingerprint density at radius 1 is 1.41 bits per heavy atom. The SMILES string of the molecule is Cc1c(C(=O)NCCc2nc3ccccc3[nH]2)sc(=O)n1C. The second kappa shape index (κ2) is 5.76. The summed E-state index contributed by atoms with van der Waals surface area (Å²) in [4.78, 5) is 31.7. The number of carbonyl (C=O) groups excluding carboxylic acids is 1. The van der Waals surface area contributed by atoms with Gasteiger partial charge >= 0.3 is 4.87 Å². The first-order valence-electron chi connectivity index (χ1n) is 6.94. The van der Waals surface area contributed by atoms with E-state index in [9.17, 15) is 9.59 Å². The van der Waals surface area contributed by atoms with Crippen LogP contribution in [-0.4, -0.2) is 27.0 Å². The molecule has 6 nitrogen and oxygen atoms in total. The van der Waals surface area contributed by atoms with Gasteiger partial charge in [0.1, 0.15) is 10.7 Å². The second-order valence-electron chi connectivity index (χ2n) is 5.05. The zero-order valence-electron chi connectivity index (χ0n) is 12.3. The number of nitrogens with zero attached hydrogens (tertiary/aromatic N) is 2. The van der Waals surface area contributed by atoms with E-state index < -0.39 is 0 Å². The van der Waals surface area contributed by atoms with E-state index in [-0.39, 0.29) is 10.8 Å². The number of aromatic nitrogens is 3. The van der Waals surface area contributed by atoms with Gasteiger partial charge in [0.25, 0.3) is 5.91 Å². The first-order chi connectivity index (χ1) is 10.6. The Bertz CT molecular complexity index is 857. The Hall–Kier alpha value is -2.41. The van der Waals surface area contributed by atoms with E-state index in [0.29, 0.717) is 23.5 Å². The van der Waals surface area contributed by atoms with Crippen molar-refractivity contribution in [2.75, 3.05) is 6.54 Å². The van der Waals surface area contributed by atoms with Gasteiger partial charge in [0, 0.05) is 25.7 Å². The molecule has 0 unspecified atom stereocenters. The predicted octanol–water partition coefficient (Wildman–Crippen LogP) is 1.60. The molecule has 0 aliphatic carbocycles. The highest BCUT2D eigenvalue weighted by Gasteiger charge is 2.15. The maximum Gasteiger partial charge on any atom is 0.307 e. The van der Waals surface area contributed by atoms with E-state index in [1.807, 2.05) is 24.3 Å². The Morgan fingerprint density at radius 2 is 2.18 bits per heavy atom. The number of hydrogen-bond acceptors (Lipinski definition) is 4. The Labute approximate surface area is 130 Å². The molecule has 2 N–H and O–H groups in total. The molecule has 0 fully saturated rings. The van der Waals surface area contributed by atoms with Crippen molar-refractivity contribution in [3.8, 4) is 0 Å². The minimum absolute atomic E-state index is 0.125. The lowest BCUT2D eigenvalue weighted by Gasteiger charge is -2.03. The van der Waals surface area contributed by atoms with Crippen LogP contribution in [0.4, 0.5) is 0 Å². The number of carbonyl (C=O) groups is 1. The number of para-hydroxylation sites is 2. The zero-order chi connectivity index (χ0) is 15.7. The van der Waals surface area contributed by atoms with Crippen molar-refractivity contribution in [2.45, 2.75) is 13.3 Å². The van der Waals surface area contributed by atoms with Crippen LogP contribution in [0, 0.1) is 6.92 Å². The first-order valence-corrected chi connectivity index (χ1v) is 7.76. The number of benzene rings is 1. The van der Waals surface area contributed by atoms with Crippen molar-refractivity contribution in [2.24, 2.45) is 7.05 Å². The summed E-state index contributed by atoms with van der Waals surface area (Å²) in [5.41, 5.74) is 2.60. The number of hydrogen-bond donors (Lipinski definition) is 2. The van der Waals surface area contributed by atoms with E-state index in [0.717, 1.165) is 28.2 Å². The fourth-order valence-corrected chi connectivity index (χ4v) is 3.13. The van der Waals surface area contributed by atoms with Gasteiger partial charge in [0.05, 0.1) is 11.0 Å². The molecule has 0 aliphatic rings. The lowest BCUT2D eigenvalue weighted by atomic mass is 10.3. The monoisotopic (exact) mass is 316 g/mol. The summed E-state index contributed by atoms with van der Waals surface area (Å²) in [5, 5.41) is 2.83. The standard InChI is InChI=1S/C15H16N4O2S/c1-9-13(22-15(21)19(9)2)14(20)16-8-7-12-17-10-5-3-4-6-11(10)18-12/h3-6H,7-8H2,1-2H3,(H,16,20)(H,17,18). The van der Waals surface area contributed by atoms with Gasteiger partial charge < -0.3 is 14.9 Å². The summed E-state index contributed by atoms with van der Waals surface area (Å²) in [6.07, 6.45) is 0.612. The van der Waals surface area contributed by atoms with Gasteiger partial charge in [0.2, 0.25) is 0 Å². The number of imidazole rings is 1. The zero-order valence-corrected chi connectivity index (χ0v) is 13.2. The molecule has 3 aromatic rings. The fourth-order valence-electron chi connectivity index (χ4n) is 2.23. The third-order valence-corrected chi connectivity index (χ3v) is 4.72. The van der Waals surface area contributed by atoms with Crippen molar-refractivity contribution in [1.82, 2.24) is 19.9 Å². The van der Waals surface area contributed by atoms with Crippen molar-refractivity contribution >= 4 is 28.3 Å². The van der Waals surface area contributed by atoms with Crippen molar-refractivity contribution in [1.29, 1.82) is 0 Å². The molecule has 114 valence electrons. The van der Waals surface area contributed by atoms with E-state index in [2.05, 4.69) is 15.3 Å². The molecule has 1 amide bonds. The molecule has 0 bridgehead atoms. The van der Waals surface area contributed by atoms with Crippen LogP contribution in [0.2, 0.25) is 0 Å². The first kappa shape index (κ1) is 14.5. The average Bonchev–Trinajstić information content (AvgIpc) is 3.03. The van der Waals surface area contributed by atoms with Gasteiger partial charge in [-0.15, -0.1) is 0 Å². The molecule has 0 atom stereocenters. The molecule has 0 radical (unpaired) electrons. The number of thiazole rings is 1. The third-order valence-electron chi connectivity index (χ3n) is 3.59. The Morgan fingerprint density at radius 3 is 2.86 bits per heavy atom. The van der Waals surface area contributed by atoms with Crippen LogP contribution in [0.1, 0.15) is 21.2 Å². The molecule has 0 spiro atoms. The van der Waals surface area contributed by atoms with Gasteiger partial charge in [-0.1, -0.05) is 23.5 Å². The van der Waals surface area contributed by atoms with Gasteiger partial charge in [-0.25, -0.2) is 4.98 Å². The quantitative estimate of drug-likeness (QED) is 0.767. The van der Waals surface area contributed by atoms with Crippen molar-refractivity contribution in [3.05, 3.63) is 50.3 Å². The largest absolute Gasteiger partial charge is 0.351 e. The molecule has 0 aliphatic heterocycles. The van der Waals surface area contributed by atoms with Crippen LogP contribution in [0.3, 0.4) is 0 Å². The molecule has 1 aromatic carbocycles. The second-order valence-corrected chi connectivity index (χ2v) is 6.01. The molecular formula is C15H16N4O2S. The van der Waals surface area contributed by atoms with E-state index in [4.69, 9.17) is 0 Å². The summed E-state index contributed by atoms with van der Waals surface area (Å²) in [7, 11) is 1.67. The highest BCUT2D eigenvalue weighted by molar-refractivity contribution is 7.11. The van der Waals surface area contributed by atoms with Crippen molar-refractivity contribution in [3.63, 3.8) is 0 Å². The summed E-state index contributed by atoms with van der Waals surface area (Å²) in [6.45, 7) is 2.24. The summed E-state index contributed by atoms with van der Waals surface area (Å²) >= 11 is 0.971. The Balaban J connectivity index is 1.64. The van der Waals surface area contributed by atoms with E-state index >= 15 is 0 Å². The molecule has 2 aromatic heterocycles. The predicted molar refractivity (Wildman–Crippen MR) is 86.4 cm³/mol. The number of amides is 1. The third kappa shape index (κ3) is 2.67. The van der Waals surface area contributed by atoms with Crippen LogP contribution in [0.15, 0.2) is 29.1 Å². The molecule has 22 heavy (non-hydrogen) atoms. The van der Waals surface area contributed by atoms with Crippen LogP contribution < -0.4 is 10.2 Å². The number of H-pyrrole nitrogens is 1. The van der Waals surface area contributed by atoms with Gasteiger partial charge in [0.15, 0.2) is 0 Å². The van der Waals surface area contributed by atoms with Crippen LogP contribution >= 0.6 is 11.3 Å². The number of rotatable bonds is 4.